The Balaban J connectivity index is 1.89. The summed E-state index contributed by atoms with van der Waals surface area (Å²) in [5.41, 5.74) is 0.572. The van der Waals surface area contributed by atoms with E-state index in [1.165, 1.54) is 23.2 Å². The molecule has 0 bridgehead atoms. The van der Waals surface area contributed by atoms with Gasteiger partial charge in [-0.05, 0) is 6.07 Å². The Morgan fingerprint density at radius 3 is 3.12 bits per heavy atom. The maximum Gasteiger partial charge on any atom is 0.267 e. The molecule has 2 aromatic heterocycles. The largest absolute Gasteiger partial charge is 0.346 e. The summed E-state index contributed by atoms with van der Waals surface area (Å²) in [6, 6.07) is 2.93. The van der Waals surface area contributed by atoms with Crippen LogP contribution in [0.15, 0.2) is 18.6 Å². The van der Waals surface area contributed by atoms with Gasteiger partial charge in [0.1, 0.15) is 24.2 Å². The number of carbonyl (C=O) groups excluding carboxylic acids is 1. The van der Waals surface area contributed by atoms with Crippen LogP contribution in [0.2, 0.25) is 0 Å². The fourth-order valence-electron chi connectivity index (χ4n) is 3.02. The van der Waals surface area contributed by atoms with Gasteiger partial charge in [-0.3, -0.25) is 4.79 Å². The lowest BCUT2D eigenvalue weighted by molar-refractivity contribution is -0.129. The van der Waals surface area contributed by atoms with Gasteiger partial charge < -0.3 is 14.8 Å². The molecule has 1 amide bonds. The molecule has 2 aromatic rings. The van der Waals surface area contributed by atoms with Gasteiger partial charge in [0.25, 0.3) is 5.92 Å². The molecular weight excluding hydrogens is 318 g/mol. The number of rotatable bonds is 4. The molecule has 0 unspecified atom stereocenters. The third-order valence-electron chi connectivity index (χ3n) is 4.12. The summed E-state index contributed by atoms with van der Waals surface area (Å²) in [5.74, 6) is -2.83. The van der Waals surface area contributed by atoms with Crippen molar-refractivity contribution in [1.29, 1.82) is 5.26 Å². The van der Waals surface area contributed by atoms with E-state index in [1.807, 2.05) is 0 Å². The normalized spacial score (nSPS) is 19.4. The molecule has 0 spiro atoms. The van der Waals surface area contributed by atoms with Gasteiger partial charge in [-0.15, -0.1) is 0 Å². The molecule has 1 N–H and O–H groups in total. The van der Waals surface area contributed by atoms with Crippen LogP contribution >= 0.6 is 0 Å². The molecule has 1 aliphatic heterocycles. The van der Waals surface area contributed by atoms with Crippen LogP contribution in [0.25, 0.3) is 11.0 Å². The van der Waals surface area contributed by atoms with Crippen molar-refractivity contribution in [3.8, 4) is 6.07 Å². The van der Waals surface area contributed by atoms with Crippen LogP contribution in [-0.2, 0) is 4.79 Å². The number of nitrogens with one attached hydrogen (secondary N) is 1. The summed E-state index contributed by atoms with van der Waals surface area (Å²) in [6.45, 7) is -0.360. The van der Waals surface area contributed by atoms with E-state index in [0.29, 0.717) is 16.9 Å². The number of anilines is 1. The lowest BCUT2D eigenvalue weighted by Gasteiger charge is -2.28. The van der Waals surface area contributed by atoms with Crippen LogP contribution in [0.1, 0.15) is 12.8 Å². The highest BCUT2D eigenvalue weighted by Crippen LogP contribution is 2.37. The molecule has 0 radical (unpaired) electrons. The second-order valence-electron chi connectivity index (χ2n) is 5.89. The van der Waals surface area contributed by atoms with E-state index in [2.05, 4.69) is 15.0 Å². The van der Waals surface area contributed by atoms with Gasteiger partial charge in [0.15, 0.2) is 0 Å². The number of nitrogens with zero attached hydrogens (tertiary/aromatic N) is 5. The standard InChI is InChI=1S/C15H16F2N6O/c1-22(12(24)2-4-18)7-10-6-15(16,17)8-23(10)14-11-3-5-19-13(11)20-9-21-14/h3,5,9-10H,2,6-8H2,1H3,(H,19,20,21)/t10-/m0/s1. The van der Waals surface area contributed by atoms with Gasteiger partial charge in [-0.2, -0.15) is 5.26 Å². The topological polar surface area (TPSA) is 88.9 Å². The molecule has 3 heterocycles. The van der Waals surface area contributed by atoms with E-state index in [9.17, 15) is 13.6 Å². The zero-order valence-electron chi connectivity index (χ0n) is 13.0. The molecule has 126 valence electrons. The second kappa shape index (κ2) is 6.03. The number of hydrogen-bond donors (Lipinski definition) is 1. The van der Waals surface area contributed by atoms with Gasteiger partial charge >= 0.3 is 0 Å². The SMILES string of the molecule is CN(C[C@@H]1CC(F)(F)CN1c1ncnc2[nH]ccc12)C(=O)CC#N. The Hall–Kier alpha value is -2.76. The van der Waals surface area contributed by atoms with E-state index in [-0.39, 0.29) is 25.3 Å². The highest BCUT2D eigenvalue weighted by molar-refractivity contribution is 5.87. The molecule has 1 aliphatic rings. The van der Waals surface area contributed by atoms with Gasteiger partial charge in [0.2, 0.25) is 5.91 Å². The minimum atomic E-state index is -2.86. The van der Waals surface area contributed by atoms with Gasteiger partial charge in [0.05, 0.1) is 24.0 Å². The first kappa shape index (κ1) is 16.1. The first-order chi connectivity index (χ1) is 11.4. The molecule has 3 rings (SSSR count). The second-order valence-corrected chi connectivity index (χ2v) is 5.89. The number of nitriles is 1. The Kier molecular flexibility index (Phi) is 4.05. The lowest BCUT2D eigenvalue weighted by Crippen LogP contribution is -2.41. The minimum absolute atomic E-state index is 0.103. The van der Waals surface area contributed by atoms with E-state index in [0.717, 1.165) is 0 Å². The highest BCUT2D eigenvalue weighted by atomic mass is 19.3. The van der Waals surface area contributed by atoms with Crippen molar-refractivity contribution in [3.63, 3.8) is 0 Å². The molecule has 0 aliphatic carbocycles. The van der Waals surface area contributed by atoms with Gasteiger partial charge in [-0.1, -0.05) is 0 Å². The van der Waals surface area contributed by atoms with Crippen LogP contribution in [0.4, 0.5) is 14.6 Å². The zero-order chi connectivity index (χ0) is 17.3. The van der Waals surface area contributed by atoms with Crippen LogP contribution in [-0.4, -0.2) is 57.9 Å². The van der Waals surface area contributed by atoms with Crippen LogP contribution in [0.3, 0.4) is 0 Å². The summed E-state index contributed by atoms with van der Waals surface area (Å²) in [4.78, 5) is 25.8. The minimum Gasteiger partial charge on any atom is -0.346 e. The Morgan fingerprint density at radius 1 is 1.58 bits per heavy atom. The monoisotopic (exact) mass is 334 g/mol. The Morgan fingerprint density at radius 2 is 2.38 bits per heavy atom. The summed E-state index contributed by atoms with van der Waals surface area (Å²) >= 11 is 0. The highest BCUT2D eigenvalue weighted by Gasteiger charge is 2.46. The predicted molar refractivity (Wildman–Crippen MR) is 82.5 cm³/mol. The number of aromatic amines is 1. The number of hydrogen-bond acceptors (Lipinski definition) is 5. The Labute approximate surface area is 136 Å². The van der Waals surface area contributed by atoms with Gasteiger partial charge in [0, 0.05) is 26.2 Å². The maximum absolute atomic E-state index is 14.0. The lowest BCUT2D eigenvalue weighted by atomic mass is 10.1. The number of aromatic nitrogens is 3. The number of carbonyl (C=O) groups is 1. The van der Waals surface area contributed by atoms with Gasteiger partial charge in [-0.25, -0.2) is 18.7 Å². The average molecular weight is 334 g/mol. The van der Waals surface area contributed by atoms with Crippen LogP contribution in [0, 0.1) is 11.3 Å². The molecule has 9 heteroatoms. The number of amides is 1. The predicted octanol–water partition coefficient (Wildman–Crippen LogP) is 1.54. The van der Waals surface area contributed by atoms with E-state index in [4.69, 9.17) is 5.26 Å². The summed E-state index contributed by atoms with van der Waals surface area (Å²) in [7, 11) is 1.51. The molecular formula is C15H16F2N6O. The van der Waals surface area contributed by atoms with Crippen molar-refractivity contribution in [2.75, 3.05) is 25.0 Å². The Bertz CT molecular complexity index is 799. The third-order valence-corrected chi connectivity index (χ3v) is 4.12. The molecule has 24 heavy (non-hydrogen) atoms. The average Bonchev–Trinajstić information content (AvgIpc) is 3.11. The number of halogens is 2. The number of alkyl halides is 2. The zero-order valence-corrected chi connectivity index (χ0v) is 13.0. The quantitative estimate of drug-likeness (QED) is 0.916. The molecule has 7 nitrogen and oxygen atoms in total. The first-order valence-corrected chi connectivity index (χ1v) is 7.45. The first-order valence-electron chi connectivity index (χ1n) is 7.45. The van der Waals surface area contributed by atoms with Crippen LogP contribution in [0.5, 0.6) is 0 Å². The van der Waals surface area contributed by atoms with Crippen molar-refractivity contribution in [1.82, 2.24) is 19.9 Å². The summed E-state index contributed by atoms with van der Waals surface area (Å²) in [5, 5.41) is 9.26. The third kappa shape index (κ3) is 2.99. The van der Waals surface area contributed by atoms with Crippen molar-refractivity contribution in [2.24, 2.45) is 0 Å². The van der Waals surface area contributed by atoms with Crippen molar-refractivity contribution in [2.45, 2.75) is 24.8 Å². The number of fused-ring (bicyclic) bond motifs is 1. The summed E-state index contributed by atoms with van der Waals surface area (Å²) in [6.07, 6.45) is 2.36. The molecule has 1 atom stereocenters. The fraction of sp³-hybridized carbons (Fsp3) is 0.467. The summed E-state index contributed by atoms with van der Waals surface area (Å²) < 4.78 is 28.0. The van der Waals surface area contributed by atoms with E-state index < -0.39 is 18.5 Å². The molecule has 0 aromatic carbocycles. The number of likely N-dealkylation sites (N-methyl/N-ethyl adjacent to an activating group) is 1. The number of H-pyrrole nitrogens is 1. The van der Waals surface area contributed by atoms with Crippen molar-refractivity contribution < 1.29 is 13.6 Å². The molecule has 1 fully saturated rings. The van der Waals surface area contributed by atoms with Crippen molar-refractivity contribution >= 4 is 22.8 Å². The smallest absolute Gasteiger partial charge is 0.267 e. The maximum atomic E-state index is 14.0. The van der Waals surface area contributed by atoms with E-state index in [1.54, 1.807) is 18.3 Å². The molecule has 0 saturated carbocycles. The van der Waals surface area contributed by atoms with Crippen LogP contribution < -0.4 is 4.90 Å². The van der Waals surface area contributed by atoms with Crippen molar-refractivity contribution in [3.05, 3.63) is 18.6 Å². The van der Waals surface area contributed by atoms with E-state index >= 15 is 0 Å². The molecule has 1 saturated heterocycles. The fourth-order valence-corrected chi connectivity index (χ4v) is 3.02.